The minimum atomic E-state index is 0.0151. The van der Waals surface area contributed by atoms with E-state index in [1.165, 1.54) is 0 Å². The third kappa shape index (κ3) is 4.69. The monoisotopic (exact) mass is 904 g/mol. The maximum atomic E-state index is 11.6. The Bertz CT molecular complexity index is 4530. The van der Waals surface area contributed by atoms with Gasteiger partial charge in [0.05, 0.1) is 0 Å². The fourth-order valence-electron chi connectivity index (χ4n) is 12.0. The number of hydrogen-bond donors (Lipinski definition) is 0. The molecule has 0 spiro atoms. The highest BCUT2D eigenvalue weighted by Gasteiger charge is 2.27. The molecule has 0 unspecified atom stereocenters. The first-order valence-corrected chi connectivity index (χ1v) is 23.1. The maximum absolute atomic E-state index is 11.6. The average Bonchev–Trinajstić information content (AvgIpc) is 4.05. The van der Waals surface area contributed by atoms with Crippen LogP contribution in [0.3, 0.4) is 0 Å². The van der Waals surface area contributed by atoms with E-state index in [1.807, 2.05) is 72.8 Å². The molecule has 0 amide bonds. The highest BCUT2D eigenvalue weighted by Crippen LogP contribution is 2.47. The second-order valence-electron chi connectivity index (χ2n) is 18.3. The van der Waals surface area contributed by atoms with Crippen LogP contribution in [-0.2, 0) is 28.2 Å². The standard InChI is InChI=1S/C60H36N6O4/c1-63-37-17-9-5-13-31(37)49-41(63)21-25-45-53(49)54-46(26-22-42-50(54)32-14-6-10-18-38(32)64(42)2)68-58-36(30-62)60-59(35(29-61)57(58)67-45)69-47-27-23-43-51(33-15-7-11-19-39(33)65(43)3)55(47)56-48(70-60)28-24-44-52(56)34-16-8-12-20-40(34)66(44)4/h5-28H,1-4H3. The highest BCUT2D eigenvalue weighted by molar-refractivity contribution is 6.35. The number of aryl methyl sites for hydroxylation is 4. The third-order valence-electron chi connectivity index (χ3n) is 15.1. The molecule has 6 aromatic heterocycles. The van der Waals surface area contributed by atoms with Gasteiger partial charge in [-0.1, -0.05) is 72.8 Å². The maximum Gasteiger partial charge on any atom is 0.193 e. The molecule has 9 aromatic carbocycles. The van der Waals surface area contributed by atoms with E-state index in [0.29, 0.717) is 22.3 Å². The summed E-state index contributed by atoms with van der Waals surface area (Å²) in [5.41, 5.74) is 10.4. The quantitative estimate of drug-likeness (QED) is 0.149. The molecule has 15 rings (SSSR count). The minimum absolute atomic E-state index is 0.0151. The molecule has 0 bridgehead atoms. The molecule has 0 fully saturated rings. The van der Waals surface area contributed by atoms with E-state index in [4.69, 9.17) is 17.7 Å². The average molecular weight is 905 g/mol. The predicted molar refractivity (Wildman–Crippen MR) is 281 cm³/mol. The van der Waals surface area contributed by atoms with Crippen molar-refractivity contribution < 1.29 is 17.7 Å². The van der Waals surface area contributed by atoms with Crippen molar-refractivity contribution in [3.05, 3.63) is 157 Å². The van der Waals surface area contributed by atoms with Crippen molar-refractivity contribution in [3.63, 3.8) is 0 Å². The lowest BCUT2D eigenvalue weighted by molar-refractivity contribution is 0.598. The van der Waals surface area contributed by atoms with E-state index in [1.54, 1.807) is 0 Å². The van der Waals surface area contributed by atoms with Gasteiger partial charge in [-0.2, -0.15) is 10.5 Å². The summed E-state index contributed by atoms with van der Waals surface area (Å²) >= 11 is 0. The summed E-state index contributed by atoms with van der Waals surface area (Å²) in [5, 5.41) is 34.4. The Kier molecular flexibility index (Phi) is 7.42. The molecule has 0 saturated carbocycles. The van der Waals surface area contributed by atoms with Gasteiger partial charge in [0.1, 0.15) is 45.6 Å². The van der Waals surface area contributed by atoms with Crippen LogP contribution in [0.1, 0.15) is 11.1 Å². The molecular formula is C60H36N6O4. The number of nitriles is 2. The van der Waals surface area contributed by atoms with E-state index in [0.717, 1.165) is 109 Å². The van der Waals surface area contributed by atoms with Crippen molar-refractivity contribution in [2.75, 3.05) is 0 Å². The first-order valence-electron chi connectivity index (χ1n) is 23.1. The topological polar surface area (TPSA) is 120 Å². The van der Waals surface area contributed by atoms with Crippen molar-refractivity contribution in [1.29, 1.82) is 10.5 Å². The molecule has 15 aromatic rings. The molecule has 0 atom stereocenters. The summed E-state index contributed by atoms with van der Waals surface area (Å²) in [6.45, 7) is 0. The van der Waals surface area contributed by atoms with Crippen molar-refractivity contribution in [3.8, 4) is 12.1 Å². The minimum Gasteiger partial charge on any atom is -0.451 e. The van der Waals surface area contributed by atoms with Gasteiger partial charge in [0.15, 0.2) is 22.3 Å². The van der Waals surface area contributed by atoms with Gasteiger partial charge in [0.25, 0.3) is 0 Å². The third-order valence-corrected chi connectivity index (χ3v) is 15.1. The molecule has 330 valence electrons. The number of fused-ring (bicyclic) bond motifs is 24. The van der Waals surface area contributed by atoms with Crippen molar-refractivity contribution in [1.82, 2.24) is 18.3 Å². The lowest BCUT2D eigenvalue weighted by Gasteiger charge is -2.11. The smallest absolute Gasteiger partial charge is 0.193 e. The molecule has 0 aliphatic carbocycles. The fraction of sp³-hybridized carbons (Fsp3) is 0.0667. The number of para-hydroxylation sites is 4. The Morgan fingerprint density at radius 3 is 0.743 bits per heavy atom. The first kappa shape index (κ1) is 38.5. The second kappa shape index (κ2) is 13.5. The van der Waals surface area contributed by atoms with Crippen molar-refractivity contribution in [2.45, 2.75) is 0 Å². The second-order valence-corrected chi connectivity index (χ2v) is 18.3. The fourth-order valence-corrected chi connectivity index (χ4v) is 12.0. The van der Waals surface area contributed by atoms with Crippen LogP contribution in [0.15, 0.2) is 163 Å². The number of aromatic nitrogens is 4. The molecule has 0 radical (unpaired) electrons. The molecule has 6 heterocycles. The van der Waals surface area contributed by atoms with Crippen LogP contribution in [0.2, 0.25) is 0 Å². The van der Waals surface area contributed by atoms with Gasteiger partial charge in [-0.25, -0.2) is 0 Å². The van der Waals surface area contributed by atoms with Crippen LogP contribution in [-0.4, -0.2) is 18.3 Å². The lowest BCUT2D eigenvalue weighted by atomic mass is 9.99. The summed E-state index contributed by atoms with van der Waals surface area (Å²) in [7, 11) is 8.28. The van der Waals surface area contributed by atoms with Crippen molar-refractivity contribution in [2.24, 2.45) is 28.2 Å². The molecule has 0 aliphatic heterocycles. The summed E-state index contributed by atoms with van der Waals surface area (Å²) in [5.74, 6) is 0. The number of hydrogen-bond acceptors (Lipinski definition) is 6. The number of rotatable bonds is 0. The first-order chi connectivity index (χ1) is 34.3. The zero-order chi connectivity index (χ0) is 46.8. The largest absolute Gasteiger partial charge is 0.451 e. The van der Waals surface area contributed by atoms with Crippen LogP contribution in [0.5, 0.6) is 0 Å². The molecule has 70 heavy (non-hydrogen) atoms. The van der Waals surface area contributed by atoms with Crippen LogP contribution < -0.4 is 0 Å². The zero-order valence-corrected chi connectivity index (χ0v) is 38.2. The molecule has 10 heteroatoms. The van der Waals surface area contributed by atoms with Gasteiger partial charge in [0, 0.05) is 137 Å². The summed E-state index contributed by atoms with van der Waals surface area (Å²) in [4.78, 5) is 0. The highest BCUT2D eigenvalue weighted by atomic mass is 16.4. The summed E-state index contributed by atoms with van der Waals surface area (Å²) in [6.07, 6.45) is 0. The SMILES string of the molecule is Cn1c2ccccc2c2c3c(ccc21)oc1c(C#N)c2oc4ccc5c(c6ccccc6n5C)c4c4c(ccc5c4c4ccccc4n5C)oc2c(C#N)c1oc1ccc2c(c4ccccc4n2C)c13. The molecule has 0 N–H and O–H groups in total. The van der Waals surface area contributed by atoms with Gasteiger partial charge in [-0.05, 0) is 72.8 Å². The molecular weight excluding hydrogens is 869 g/mol. The van der Waals surface area contributed by atoms with Gasteiger partial charge >= 0.3 is 0 Å². The van der Waals surface area contributed by atoms with Gasteiger partial charge in [0.2, 0.25) is 0 Å². The van der Waals surface area contributed by atoms with E-state index in [9.17, 15) is 10.5 Å². The number of nitrogens with zero attached hydrogens (tertiary/aromatic N) is 6. The van der Waals surface area contributed by atoms with Crippen LogP contribution in [0.25, 0.3) is 153 Å². The van der Waals surface area contributed by atoms with Crippen LogP contribution >= 0.6 is 0 Å². The lowest BCUT2D eigenvalue weighted by Crippen LogP contribution is -1.92. The van der Waals surface area contributed by atoms with Gasteiger partial charge in [-0.15, -0.1) is 0 Å². The van der Waals surface area contributed by atoms with Gasteiger partial charge < -0.3 is 35.9 Å². The Morgan fingerprint density at radius 2 is 0.514 bits per heavy atom. The van der Waals surface area contributed by atoms with Crippen LogP contribution in [0, 0.1) is 22.7 Å². The molecule has 10 nitrogen and oxygen atoms in total. The number of benzene rings is 9. The Morgan fingerprint density at radius 1 is 0.286 bits per heavy atom. The van der Waals surface area contributed by atoms with E-state index in [-0.39, 0.29) is 33.5 Å². The molecule has 0 aliphatic rings. The predicted octanol–water partition coefficient (Wildman–Crippen LogP) is 15.5. The zero-order valence-electron chi connectivity index (χ0n) is 38.2. The van der Waals surface area contributed by atoms with E-state index in [2.05, 4.69) is 131 Å². The van der Waals surface area contributed by atoms with Crippen molar-refractivity contribution >= 4 is 153 Å². The summed E-state index contributed by atoms with van der Waals surface area (Å²) < 4.78 is 37.6. The Hall–Kier alpha value is -9.64. The van der Waals surface area contributed by atoms with Gasteiger partial charge in [-0.3, -0.25) is 0 Å². The van der Waals surface area contributed by atoms with E-state index >= 15 is 0 Å². The van der Waals surface area contributed by atoms with E-state index < -0.39 is 0 Å². The van der Waals surface area contributed by atoms with Crippen LogP contribution in [0.4, 0.5) is 0 Å². The Labute approximate surface area is 395 Å². The molecule has 0 saturated heterocycles. The Balaban J connectivity index is 1.24. The normalized spacial score (nSPS) is 12.3. The summed E-state index contributed by atoms with van der Waals surface area (Å²) in [6, 6.07) is 54.3.